The van der Waals surface area contributed by atoms with Gasteiger partial charge in [0.05, 0.1) is 23.3 Å². The molecule has 0 aliphatic rings. The summed E-state index contributed by atoms with van der Waals surface area (Å²) < 4.78 is 0. The van der Waals surface area contributed by atoms with E-state index in [1.807, 2.05) is 20.8 Å². The van der Waals surface area contributed by atoms with Crippen LogP contribution >= 0.6 is 0 Å². The van der Waals surface area contributed by atoms with E-state index < -0.39 is 0 Å². The fourth-order valence-electron chi connectivity index (χ4n) is 1.28. The first-order chi connectivity index (χ1) is 6.11. The maximum Gasteiger partial charge on any atom is 0.0994 e. The maximum absolute atomic E-state index is 8.79. The number of rotatable bonds is 0. The molecule has 1 aromatic rings. The molecule has 64 valence electrons. The molecule has 0 amide bonds. The monoisotopic (exact) mass is 170 g/mol. The van der Waals surface area contributed by atoms with Gasteiger partial charge < -0.3 is 0 Å². The summed E-state index contributed by atoms with van der Waals surface area (Å²) in [6.45, 7) is 5.75. The molecule has 1 rings (SSSR count). The predicted octanol–water partition coefficient (Wildman–Crippen LogP) is 2.36. The molecule has 0 aliphatic carbocycles. The number of hydrogen-bond acceptors (Lipinski definition) is 2. The van der Waals surface area contributed by atoms with Gasteiger partial charge in [0.25, 0.3) is 0 Å². The van der Waals surface area contributed by atoms with E-state index in [0.29, 0.717) is 11.1 Å². The lowest BCUT2D eigenvalue weighted by atomic mass is 9.95. The van der Waals surface area contributed by atoms with Gasteiger partial charge in [0, 0.05) is 0 Å². The molecule has 0 heterocycles. The van der Waals surface area contributed by atoms with Crippen molar-refractivity contribution in [3.05, 3.63) is 33.9 Å². The highest BCUT2D eigenvalue weighted by atomic mass is 14.3. The summed E-state index contributed by atoms with van der Waals surface area (Å²) >= 11 is 0. The van der Waals surface area contributed by atoms with Crippen LogP contribution in [0.5, 0.6) is 0 Å². The van der Waals surface area contributed by atoms with Gasteiger partial charge in [-0.3, -0.25) is 0 Å². The Kier molecular flexibility index (Phi) is 2.35. The first kappa shape index (κ1) is 9.29. The van der Waals surface area contributed by atoms with Gasteiger partial charge in [-0.15, -0.1) is 0 Å². The van der Waals surface area contributed by atoms with Crippen LogP contribution in [0, 0.1) is 43.4 Å². The third-order valence-corrected chi connectivity index (χ3v) is 2.46. The molecule has 2 heteroatoms. The van der Waals surface area contributed by atoms with Crippen LogP contribution in [0.15, 0.2) is 6.07 Å². The highest BCUT2D eigenvalue weighted by molar-refractivity contribution is 5.53. The van der Waals surface area contributed by atoms with Crippen molar-refractivity contribution in [2.24, 2.45) is 0 Å². The van der Waals surface area contributed by atoms with Gasteiger partial charge in [0.1, 0.15) is 0 Å². The average Bonchev–Trinajstić information content (AvgIpc) is 2.15. The summed E-state index contributed by atoms with van der Waals surface area (Å²) in [4.78, 5) is 0. The Morgan fingerprint density at radius 1 is 0.846 bits per heavy atom. The van der Waals surface area contributed by atoms with Crippen LogP contribution < -0.4 is 0 Å². The van der Waals surface area contributed by atoms with E-state index >= 15 is 0 Å². The summed E-state index contributed by atoms with van der Waals surface area (Å²) in [7, 11) is 0. The minimum Gasteiger partial charge on any atom is -0.192 e. The van der Waals surface area contributed by atoms with Gasteiger partial charge in [0.15, 0.2) is 0 Å². The van der Waals surface area contributed by atoms with Crippen molar-refractivity contribution in [2.45, 2.75) is 20.8 Å². The number of nitrogens with zero attached hydrogens (tertiary/aromatic N) is 2. The van der Waals surface area contributed by atoms with Crippen molar-refractivity contribution < 1.29 is 0 Å². The summed E-state index contributed by atoms with van der Waals surface area (Å²) in [6, 6.07) is 5.82. The third-order valence-electron chi connectivity index (χ3n) is 2.46. The van der Waals surface area contributed by atoms with Crippen molar-refractivity contribution in [3.8, 4) is 12.1 Å². The fraction of sp³-hybridized carbons (Fsp3) is 0.273. The lowest BCUT2D eigenvalue weighted by Crippen LogP contribution is -1.95. The number of benzene rings is 1. The molecule has 0 bridgehead atoms. The number of hydrogen-bond donors (Lipinski definition) is 0. The van der Waals surface area contributed by atoms with E-state index in [2.05, 4.69) is 12.1 Å². The van der Waals surface area contributed by atoms with E-state index in [0.717, 1.165) is 16.7 Å². The van der Waals surface area contributed by atoms with E-state index in [1.54, 1.807) is 6.07 Å². The number of nitriles is 2. The molecule has 13 heavy (non-hydrogen) atoms. The Morgan fingerprint density at radius 2 is 1.23 bits per heavy atom. The Bertz CT molecular complexity index is 393. The highest BCUT2D eigenvalue weighted by Gasteiger charge is 2.08. The first-order valence-electron chi connectivity index (χ1n) is 4.02. The van der Waals surface area contributed by atoms with Crippen LogP contribution in [-0.4, -0.2) is 0 Å². The molecule has 0 radical (unpaired) electrons. The molecule has 0 aromatic heterocycles. The molecule has 0 spiro atoms. The third kappa shape index (κ3) is 1.39. The Morgan fingerprint density at radius 3 is 1.54 bits per heavy atom. The van der Waals surface area contributed by atoms with Gasteiger partial charge in [-0.1, -0.05) is 0 Å². The molecule has 0 N–H and O–H groups in total. The molecule has 0 saturated carbocycles. The van der Waals surface area contributed by atoms with E-state index in [4.69, 9.17) is 10.5 Å². The van der Waals surface area contributed by atoms with E-state index in [9.17, 15) is 0 Å². The normalized spacial score (nSPS) is 9.00. The topological polar surface area (TPSA) is 47.6 Å². The molecule has 0 saturated heterocycles. The van der Waals surface area contributed by atoms with Gasteiger partial charge >= 0.3 is 0 Å². The largest absolute Gasteiger partial charge is 0.192 e. The van der Waals surface area contributed by atoms with Crippen molar-refractivity contribution in [1.29, 1.82) is 10.5 Å². The van der Waals surface area contributed by atoms with Crippen LogP contribution in [0.25, 0.3) is 0 Å². The predicted molar refractivity (Wildman–Crippen MR) is 50.1 cm³/mol. The van der Waals surface area contributed by atoms with Crippen LogP contribution in [0.1, 0.15) is 27.8 Å². The Balaban J connectivity index is 3.60. The van der Waals surface area contributed by atoms with Crippen LogP contribution in [0.3, 0.4) is 0 Å². The molecular weight excluding hydrogens is 160 g/mol. The Hall–Kier alpha value is -1.80. The Labute approximate surface area is 78.0 Å². The fourth-order valence-corrected chi connectivity index (χ4v) is 1.28. The van der Waals surface area contributed by atoms with Gasteiger partial charge in [-0.25, -0.2) is 0 Å². The summed E-state index contributed by atoms with van der Waals surface area (Å²) in [6.07, 6.45) is 0. The molecular formula is C11H10N2. The van der Waals surface area contributed by atoms with Crippen molar-refractivity contribution >= 4 is 0 Å². The summed E-state index contributed by atoms with van der Waals surface area (Å²) in [5.41, 5.74) is 4.17. The maximum atomic E-state index is 8.79. The van der Waals surface area contributed by atoms with Crippen molar-refractivity contribution in [1.82, 2.24) is 0 Å². The lowest BCUT2D eigenvalue weighted by Gasteiger charge is -2.07. The molecule has 2 nitrogen and oxygen atoms in total. The SMILES string of the molecule is Cc1c(C#N)cc(C#N)c(C)c1C. The zero-order valence-corrected chi connectivity index (χ0v) is 7.97. The summed E-state index contributed by atoms with van der Waals surface area (Å²) in [5.74, 6) is 0. The first-order valence-corrected chi connectivity index (χ1v) is 4.02. The minimum atomic E-state index is 0.597. The quantitative estimate of drug-likeness (QED) is 0.600. The molecule has 0 unspecified atom stereocenters. The second-order valence-corrected chi connectivity index (χ2v) is 3.07. The van der Waals surface area contributed by atoms with Crippen LogP contribution in [-0.2, 0) is 0 Å². The van der Waals surface area contributed by atoms with Crippen molar-refractivity contribution in [2.75, 3.05) is 0 Å². The van der Waals surface area contributed by atoms with Crippen molar-refractivity contribution in [3.63, 3.8) is 0 Å². The zero-order chi connectivity index (χ0) is 10.0. The molecule has 0 aliphatic heterocycles. The van der Waals surface area contributed by atoms with Gasteiger partial charge in [-0.05, 0) is 43.5 Å². The smallest absolute Gasteiger partial charge is 0.0994 e. The van der Waals surface area contributed by atoms with Crippen LogP contribution in [0.4, 0.5) is 0 Å². The lowest BCUT2D eigenvalue weighted by molar-refractivity contribution is 1.23. The standard InChI is InChI=1S/C11H10N2/c1-7-8(2)10(5-12)4-11(6-13)9(7)3/h4H,1-3H3. The minimum absolute atomic E-state index is 0.597. The van der Waals surface area contributed by atoms with Gasteiger partial charge in [-0.2, -0.15) is 10.5 Å². The molecule has 1 aromatic carbocycles. The highest BCUT2D eigenvalue weighted by Crippen LogP contribution is 2.20. The second kappa shape index (κ2) is 3.29. The van der Waals surface area contributed by atoms with Crippen LogP contribution in [0.2, 0.25) is 0 Å². The van der Waals surface area contributed by atoms with E-state index in [1.165, 1.54) is 0 Å². The van der Waals surface area contributed by atoms with Gasteiger partial charge in [0.2, 0.25) is 0 Å². The average molecular weight is 170 g/mol. The molecule has 0 fully saturated rings. The van der Waals surface area contributed by atoms with E-state index in [-0.39, 0.29) is 0 Å². The molecule has 0 atom stereocenters. The second-order valence-electron chi connectivity index (χ2n) is 3.07. The summed E-state index contributed by atoms with van der Waals surface area (Å²) in [5, 5.41) is 17.6. The zero-order valence-electron chi connectivity index (χ0n) is 7.97.